The van der Waals surface area contributed by atoms with Crippen LogP contribution in [0.25, 0.3) is 6.08 Å². The Bertz CT molecular complexity index is 586. The highest BCUT2D eigenvalue weighted by Crippen LogP contribution is 2.28. The third kappa shape index (κ3) is 2.76. The average molecular weight is 323 g/mol. The first-order valence-corrected chi connectivity index (χ1v) is 6.59. The minimum Gasteiger partial charge on any atom is -0.359 e. The summed E-state index contributed by atoms with van der Waals surface area (Å²) in [7, 11) is 0. The molecule has 0 saturated heterocycles. The van der Waals surface area contributed by atoms with Gasteiger partial charge in [-0.3, -0.25) is 4.99 Å². The largest absolute Gasteiger partial charge is 0.359 e. The summed E-state index contributed by atoms with van der Waals surface area (Å²) in [5.41, 5.74) is 10.1. The molecule has 0 spiro atoms. The molecular formula is C16H23BrN2. The second-order valence-electron chi connectivity index (χ2n) is 5.10. The molecule has 0 fully saturated rings. The molecule has 2 heterocycles. The van der Waals surface area contributed by atoms with Crippen LogP contribution in [0.2, 0.25) is 0 Å². The van der Waals surface area contributed by atoms with E-state index in [9.17, 15) is 0 Å². The first-order chi connectivity index (χ1) is 8.45. The number of nitrogens with one attached hydrogen (secondary N) is 1. The van der Waals surface area contributed by atoms with Crippen LogP contribution < -0.4 is 0 Å². The van der Waals surface area contributed by atoms with Gasteiger partial charge in [0, 0.05) is 17.1 Å². The van der Waals surface area contributed by atoms with Crippen molar-refractivity contribution in [2.75, 3.05) is 0 Å². The van der Waals surface area contributed by atoms with Crippen LogP contribution >= 0.6 is 17.0 Å². The van der Waals surface area contributed by atoms with E-state index in [2.05, 4.69) is 57.6 Å². The van der Waals surface area contributed by atoms with Crippen molar-refractivity contribution in [1.82, 2.24) is 4.98 Å². The summed E-state index contributed by atoms with van der Waals surface area (Å²) in [5, 5.41) is 0. The number of hydrogen-bond donors (Lipinski definition) is 1. The number of nitrogens with zero attached hydrogens (tertiary/aromatic N) is 1. The quantitative estimate of drug-likeness (QED) is 0.800. The maximum absolute atomic E-state index is 4.64. The number of aromatic amines is 1. The summed E-state index contributed by atoms with van der Waals surface area (Å²) in [6.45, 7) is 12.9. The van der Waals surface area contributed by atoms with E-state index in [4.69, 9.17) is 0 Å². The van der Waals surface area contributed by atoms with Crippen LogP contribution in [0.4, 0.5) is 0 Å². The standard InChI is InChI=1S/C16H22N2.BrH/c1-7-14-11(4)16(18-13(14)6)8-15-10(3)9(2)12(5)17-15;/h8,18H,7H2,1-6H3;1H/b15-8+;. The Balaban J connectivity index is 0.00000180. The molecule has 2 nitrogen and oxygen atoms in total. The van der Waals surface area contributed by atoms with Gasteiger partial charge < -0.3 is 4.98 Å². The van der Waals surface area contributed by atoms with Gasteiger partial charge in [-0.1, -0.05) is 6.92 Å². The predicted octanol–water partition coefficient (Wildman–Crippen LogP) is 4.92. The molecule has 1 aliphatic heterocycles. The van der Waals surface area contributed by atoms with Crippen LogP contribution in [0.5, 0.6) is 0 Å². The lowest BCUT2D eigenvalue weighted by atomic mass is 10.1. The van der Waals surface area contributed by atoms with E-state index in [1.807, 2.05) is 0 Å². The van der Waals surface area contributed by atoms with Crippen molar-refractivity contribution in [3.05, 3.63) is 39.4 Å². The Morgan fingerprint density at radius 3 is 2.11 bits per heavy atom. The lowest BCUT2D eigenvalue weighted by Crippen LogP contribution is -1.87. The Morgan fingerprint density at radius 2 is 1.68 bits per heavy atom. The summed E-state index contributed by atoms with van der Waals surface area (Å²) in [6, 6.07) is 0. The summed E-state index contributed by atoms with van der Waals surface area (Å²) in [4.78, 5) is 8.11. The summed E-state index contributed by atoms with van der Waals surface area (Å²) >= 11 is 0. The van der Waals surface area contributed by atoms with Crippen molar-refractivity contribution in [2.24, 2.45) is 4.99 Å². The van der Waals surface area contributed by atoms with E-state index in [1.165, 1.54) is 33.7 Å². The summed E-state index contributed by atoms with van der Waals surface area (Å²) in [6.07, 6.45) is 3.25. The fourth-order valence-electron chi connectivity index (χ4n) is 2.58. The number of aromatic nitrogens is 1. The molecule has 1 N–H and O–H groups in total. The molecule has 0 unspecified atom stereocenters. The van der Waals surface area contributed by atoms with E-state index in [0.717, 1.165) is 17.8 Å². The van der Waals surface area contributed by atoms with Gasteiger partial charge in [-0.05, 0) is 69.4 Å². The molecule has 0 atom stereocenters. The lowest BCUT2D eigenvalue weighted by Gasteiger charge is -1.99. The van der Waals surface area contributed by atoms with Crippen LogP contribution in [0.1, 0.15) is 50.2 Å². The van der Waals surface area contributed by atoms with Crippen molar-refractivity contribution in [2.45, 2.75) is 48.0 Å². The number of halogens is 1. The number of H-pyrrole nitrogens is 1. The molecule has 104 valence electrons. The molecule has 1 aliphatic rings. The minimum atomic E-state index is 0. The van der Waals surface area contributed by atoms with Crippen LogP contribution in [0.15, 0.2) is 21.8 Å². The van der Waals surface area contributed by atoms with Gasteiger partial charge in [0.05, 0.1) is 5.70 Å². The second-order valence-corrected chi connectivity index (χ2v) is 5.10. The molecule has 19 heavy (non-hydrogen) atoms. The van der Waals surface area contributed by atoms with E-state index >= 15 is 0 Å². The molecule has 0 bridgehead atoms. The van der Waals surface area contributed by atoms with Crippen molar-refractivity contribution in [1.29, 1.82) is 0 Å². The summed E-state index contributed by atoms with van der Waals surface area (Å²) in [5.74, 6) is 0. The third-order valence-corrected chi connectivity index (χ3v) is 4.04. The first kappa shape index (κ1) is 16.0. The van der Waals surface area contributed by atoms with Gasteiger partial charge in [0.25, 0.3) is 0 Å². The Morgan fingerprint density at radius 1 is 1.05 bits per heavy atom. The van der Waals surface area contributed by atoms with Crippen molar-refractivity contribution < 1.29 is 0 Å². The minimum absolute atomic E-state index is 0. The zero-order valence-corrected chi connectivity index (χ0v) is 14.4. The van der Waals surface area contributed by atoms with Crippen LogP contribution in [-0.2, 0) is 6.42 Å². The van der Waals surface area contributed by atoms with Gasteiger partial charge in [0.15, 0.2) is 0 Å². The van der Waals surface area contributed by atoms with E-state index in [-0.39, 0.29) is 17.0 Å². The van der Waals surface area contributed by atoms with E-state index in [0.29, 0.717) is 0 Å². The topological polar surface area (TPSA) is 28.1 Å². The number of rotatable bonds is 2. The number of aliphatic imine (C=N–C) groups is 1. The second kappa shape index (κ2) is 5.91. The molecule has 0 aliphatic carbocycles. The zero-order chi connectivity index (χ0) is 13.4. The Kier molecular flexibility index (Phi) is 4.97. The maximum atomic E-state index is 4.64. The van der Waals surface area contributed by atoms with Crippen molar-refractivity contribution in [3.8, 4) is 0 Å². The fourth-order valence-corrected chi connectivity index (χ4v) is 2.58. The summed E-state index contributed by atoms with van der Waals surface area (Å²) < 4.78 is 0. The molecule has 3 heteroatoms. The van der Waals surface area contributed by atoms with Crippen LogP contribution in [0, 0.1) is 13.8 Å². The fraction of sp³-hybridized carbons (Fsp3) is 0.438. The Labute approximate surface area is 126 Å². The molecule has 0 saturated carbocycles. The van der Waals surface area contributed by atoms with Crippen molar-refractivity contribution >= 4 is 28.8 Å². The average Bonchev–Trinajstić information content (AvgIpc) is 2.72. The maximum Gasteiger partial charge on any atom is 0.0686 e. The van der Waals surface area contributed by atoms with Gasteiger partial charge >= 0.3 is 0 Å². The van der Waals surface area contributed by atoms with Crippen LogP contribution in [0.3, 0.4) is 0 Å². The van der Waals surface area contributed by atoms with Gasteiger partial charge in [-0.15, -0.1) is 17.0 Å². The van der Waals surface area contributed by atoms with Crippen molar-refractivity contribution in [3.63, 3.8) is 0 Å². The highest BCUT2D eigenvalue weighted by atomic mass is 79.9. The lowest BCUT2D eigenvalue weighted by molar-refractivity contribution is 1.08. The smallest absolute Gasteiger partial charge is 0.0686 e. The molecule has 0 radical (unpaired) electrons. The SMILES string of the molecule is Br.CCc1c(C)[nH]c(/C=C2/N=C(C)C(C)=C2C)c1C. The first-order valence-electron chi connectivity index (χ1n) is 6.59. The predicted molar refractivity (Wildman–Crippen MR) is 89.4 cm³/mol. The molecule has 0 amide bonds. The third-order valence-electron chi connectivity index (χ3n) is 4.04. The normalized spacial score (nSPS) is 16.9. The van der Waals surface area contributed by atoms with Gasteiger partial charge in [-0.25, -0.2) is 0 Å². The van der Waals surface area contributed by atoms with E-state index < -0.39 is 0 Å². The molecule has 2 rings (SSSR count). The molecule has 0 aromatic carbocycles. The van der Waals surface area contributed by atoms with Crippen LogP contribution in [-0.4, -0.2) is 10.7 Å². The number of allylic oxidation sites excluding steroid dienone is 2. The molecule has 1 aromatic rings. The monoisotopic (exact) mass is 322 g/mol. The van der Waals surface area contributed by atoms with Gasteiger partial charge in [-0.2, -0.15) is 0 Å². The van der Waals surface area contributed by atoms with Gasteiger partial charge in [0.1, 0.15) is 0 Å². The number of hydrogen-bond acceptors (Lipinski definition) is 1. The highest BCUT2D eigenvalue weighted by molar-refractivity contribution is 8.93. The zero-order valence-electron chi connectivity index (χ0n) is 12.6. The molecular weight excluding hydrogens is 300 g/mol. The Hall–Kier alpha value is -1.09. The number of aryl methyl sites for hydroxylation is 1. The molecule has 1 aromatic heterocycles. The van der Waals surface area contributed by atoms with Gasteiger partial charge in [0.2, 0.25) is 0 Å². The van der Waals surface area contributed by atoms with E-state index in [1.54, 1.807) is 0 Å². The highest BCUT2D eigenvalue weighted by Gasteiger charge is 2.15.